The van der Waals surface area contributed by atoms with E-state index in [2.05, 4.69) is 88.2 Å². The Morgan fingerprint density at radius 2 is 1.30 bits per heavy atom. The van der Waals surface area contributed by atoms with Crippen molar-refractivity contribution in [3.8, 4) is 33.6 Å². The molecule has 2 aliphatic carbocycles. The van der Waals surface area contributed by atoms with Crippen LogP contribution in [0.1, 0.15) is 76.6 Å². The van der Waals surface area contributed by atoms with Gasteiger partial charge in [0.2, 0.25) is 11.8 Å². The summed E-state index contributed by atoms with van der Waals surface area (Å²) in [6.45, 7) is 7.17. The number of aromatic nitrogens is 4. The molecule has 9 atom stereocenters. The van der Waals surface area contributed by atoms with Gasteiger partial charge < -0.3 is 44.6 Å². The number of rotatable bonds is 11. The quantitative estimate of drug-likeness (QED) is 0.105. The van der Waals surface area contributed by atoms with Crippen LogP contribution in [0.2, 0.25) is 0 Å². The highest BCUT2D eigenvalue weighted by Gasteiger charge is 2.62. The number of methoxy groups -OCH3 is 2. The zero-order valence-corrected chi connectivity index (χ0v) is 36.9. The Hall–Kier alpha value is -6.22. The molecule has 3 aliphatic heterocycles. The molecule has 4 N–H and O–H groups in total. The maximum absolute atomic E-state index is 14.4. The van der Waals surface area contributed by atoms with Gasteiger partial charge in [-0.3, -0.25) is 9.59 Å². The molecule has 15 heteroatoms. The van der Waals surface area contributed by atoms with Crippen LogP contribution in [0.25, 0.3) is 44.4 Å². The first-order valence-corrected chi connectivity index (χ1v) is 22.7. The molecule has 0 bridgehead atoms. The van der Waals surface area contributed by atoms with Gasteiger partial charge in [0.15, 0.2) is 0 Å². The Balaban J connectivity index is 0.824. The third kappa shape index (κ3) is 7.66. The minimum atomic E-state index is -0.684. The summed E-state index contributed by atoms with van der Waals surface area (Å²) in [7, 11) is 2.63. The largest absolute Gasteiger partial charge is 0.453 e. The summed E-state index contributed by atoms with van der Waals surface area (Å²) in [4.78, 5) is 73.3. The molecular formula is C49H56N8O7. The minimum absolute atomic E-state index is 0.0285. The fraction of sp³-hybridized carbons (Fsp3) is 0.469. The minimum Gasteiger partial charge on any atom is -0.453 e. The van der Waals surface area contributed by atoms with Gasteiger partial charge in [-0.15, -0.1) is 0 Å². The van der Waals surface area contributed by atoms with E-state index in [1.165, 1.54) is 14.2 Å². The number of carbonyl (C=O) groups is 4. The van der Waals surface area contributed by atoms with Crippen molar-refractivity contribution in [2.45, 2.75) is 89.1 Å². The number of nitrogens with one attached hydrogen (secondary N) is 4. The Morgan fingerprint density at radius 3 is 1.95 bits per heavy atom. The van der Waals surface area contributed by atoms with Crippen molar-refractivity contribution in [2.75, 3.05) is 27.4 Å². The second-order valence-corrected chi connectivity index (χ2v) is 18.7. The van der Waals surface area contributed by atoms with E-state index in [1.54, 1.807) is 0 Å². The van der Waals surface area contributed by atoms with Gasteiger partial charge in [0.1, 0.15) is 23.7 Å². The standard InChI is InChI=1S/C49H56N8O7/c1-25(2)41(54-48(60)62-4)46(58)56-38-20-34(38)21-39(56)44-51-24-37(53-44)33-13-12-31-18-30(10-11-32(31)19-33)27-6-8-28(9-7-27)36-23-50-45(52-36)40-22-35-26(3)43(35)57(40)47(59)42(55-49(61)63-5)29-14-16-64-17-15-29/h6-13,18-19,23-26,29,34-35,38-43H,14-17,20-22H2,1-5H3,(H,50,52)(H,51,53)(H,54,60)(H,55,61)/t26?,34-,35?,38-,39+,40+,41?,42?,43?/m1/s1. The molecule has 0 spiro atoms. The number of H-pyrrole nitrogens is 2. The lowest BCUT2D eigenvalue weighted by Crippen LogP contribution is -2.54. The zero-order chi connectivity index (χ0) is 44.4. The molecule has 3 aromatic carbocycles. The van der Waals surface area contributed by atoms with Gasteiger partial charge in [-0.25, -0.2) is 19.6 Å². The average Bonchev–Trinajstić information content (AvgIpc) is 3.78. The number of hydrogen-bond donors (Lipinski definition) is 4. The predicted molar refractivity (Wildman–Crippen MR) is 238 cm³/mol. The van der Waals surface area contributed by atoms with E-state index in [-0.39, 0.29) is 47.8 Å². The molecule has 4 amide bonds. The zero-order valence-electron chi connectivity index (χ0n) is 36.9. The van der Waals surface area contributed by atoms with Gasteiger partial charge in [0.25, 0.3) is 0 Å². The fourth-order valence-electron chi connectivity index (χ4n) is 10.9. The number of alkyl carbamates (subject to hydrolysis) is 2. The molecular weight excluding hydrogens is 813 g/mol. The third-order valence-corrected chi connectivity index (χ3v) is 14.6. The number of piperidine rings is 2. The molecule has 5 fully saturated rings. The summed E-state index contributed by atoms with van der Waals surface area (Å²) in [5.41, 5.74) is 5.94. The van der Waals surface area contributed by atoms with Gasteiger partial charge in [-0.2, -0.15) is 0 Å². The fourth-order valence-corrected chi connectivity index (χ4v) is 10.9. The van der Waals surface area contributed by atoms with Crippen LogP contribution in [-0.4, -0.2) is 105 Å². The number of likely N-dealkylation sites (tertiary alicyclic amines) is 2. The van der Waals surface area contributed by atoms with Crippen molar-refractivity contribution < 1.29 is 33.4 Å². The van der Waals surface area contributed by atoms with Crippen LogP contribution in [0.15, 0.2) is 73.1 Å². The van der Waals surface area contributed by atoms with Crippen molar-refractivity contribution in [1.82, 2.24) is 40.4 Å². The lowest BCUT2D eigenvalue weighted by molar-refractivity contribution is -0.138. The van der Waals surface area contributed by atoms with Gasteiger partial charge >= 0.3 is 12.2 Å². The highest BCUT2D eigenvalue weighted by atomic mass is 16.5. The third-order valence-electron chi connectivity index (χ3n) is 14.6. The van der Waals surface area contributed by atoms with Crippen LogP contribution in [-0.2, 0) is 23.8 Å². The van der Waals surface area contributed by atoms with Crippen LogP contribution in [0.3, 0.4) is 0 Å². The molecule has 5 aromatic rings. The Kier molecular flexibility index (Phi) is 10.9. The summed E-state index contributed by atoms with van der Waals surface area (Å²) >= 11 is 0. The van der Waals surface area contributed by atoms with Crippen molar-refractivity contribution in [2.24, 2.45) is 29.6 Å². The van der Waals surface area contributed by atoms with Gasteiger partial charge in [0.05, 0.1) is 50.1 Å². The van der Waals surface area contributed by atoms with Crippen LogP contribution >= 0.6 is 0 Å². The number of fused-ring (bicyclic) bond motifs is 3. The van der Waals surface area contributed by atoms with Crippen molar-refractivity contribution in [3.63, 3.8) is 0 Å². The van der Waals surface area contributed by atoms with Gasteiger partial charge in [0, 0.05) is 30.9 Å². The molecule has 2 aromatic heterocycles. The monoisotopic (exact) mass is 868 g/mol. The van der Waals surface area contributed by atoms with E-state index in [9.17, 15) is 19.2 Å². The number of carbonyl (C=O) groups excluding carboxylic acids is 4. The first-order chi connectivity index (χ1) is 31.0. The SMILES string of the molecule is COC(=O)NC(C(=O)N1[C@@H]2C[C@@H]2C[C@H]1c1ncc(-c2ccc3cc(-c4ccc(-c5cnc([C@@H]6CC7C(C)C7N6C(=O)C(NC(=O)OC)C6CCOCC6)[nH]5)cc4)ccc3c2)[nH]1)C(C)C. The maximum Gasteiger partial charge on any atom is 0.407 e. The van der Waals surface area contributed by atoms with Crippen LogP contribution < -0.4 is 10.6 Å². The Bertz CT molecular complexity index is 2580. The van der Waals surface area contributed by atoms with Gasteiger partial charge in [-0.05, 0) is 101 Å². The number of aromatic amines is 2. The van der Waals surface area contributed by atoms with Crippen molar-refractivity contribution >= 4 is 34.8 Å². The van der Waals surface area contributed by atoms with E-state index < -0.39 is 24.3 Å². The Labute approximate surface area is 372 Å². The van der Waals surface area contributed by atoms with E-state index in [0.717, 1.165) is 75.3 Å². The van der Waals surface area contributed by atoms with Crippen molar-refractivity contribution in [3.05, 3.63) is 84.7 Å². The average molecular weight is 869 g/mol. The number of nitrogens with zero attached hydrogens (tertiary/aromatic N) is 4. The van der Waals surface area contributed by atoms with E-state index in [1.807, 2.05) is 36.0 Å². The summed E-state index contributed by atoms with van der Waals surface area (Å²) in [6, 6.07) is 19.8. The lowest BCUT2D eigenvalue weighted by atomic mass is 9.90. The van der Waals surface area contributed by atoms with Crippen molar-refractivity contribution in [1.29, 1.82) is 0 Å². The molecule has 10 rings (SSSR count). The molecule has 0 radical (unpaired) electrons. The highest BCUT2D eigenvalue weighted by Crippen LogP contribution is 2.58. The topological polar surface area (TPSA) is 184 Å². The van der Waals surface area contributed by atoms with Crippen LogP contribution in [0, 0.1) is 29.6 Å². The van der Waals surface area contributed by atoms with Gasteiger partial charge in [-0.1, -0.05) is 69.3 Å². The van der Waals surface area contributed by atoms with Crippen LogP contribution in [0.5, 0.6) is 0 Å². The molecule has 5 heterocycles. The lowest BCUT2D eigenvalue weighted by Gasteiger charge is -2.35. The number of imidazole rings is 2. The summed E-state index contributed by atoms with van der Waals surface area (Å²) < 4.78 is 15.3. The predicted octanol–water partition coefficient (Wildman–Crippen LogP) is 7.39. The summed E-state index contributed by atoms with van der Waals surface area (Å²) in [5.74, 6) is 2.46. The highest BCUT2D eigenvalue weighted by molar-refractivity contribution is 5.91. The number of amides is 4. The molecule has 15 nitrogen and oxygen atoms in total. The molecule has 5 unspecified atom stereocenters. The summed E-state index contributed by atoms with van der Waals surface area (Å²) in [6.07, 6.45) is 6.52. The van der Waals surface area contributed by atoms with Crippen LogP contribution in [0.4, 0.5) is 9.59 Å². The normalized spacial score (nSPS) is 25.7. The van der Waals surface area contributed by atoms with E-state index in [4.69, 9.17) is 24.2 Å². The van der Waals surface area contributed by atoms with E-state index in [0.29, 0.717) is 43.8 Å². The first-order valence-electron chi connectivity index (χ1n) is 22.7. The molecule has 3 saturated heterocycles. The Morgan fingerprint density at radius 1 is 0.719 bits per heavy atom. The maximum atomic E-state index is 14.4. The smallest absolute Gasteiger partial charge is 0.407 e. The summed E-state index contributed by atoms with van der Waals surface area (Å²) in [5, 5.41) is 7.82. The molecule has 334 valence electrons. The second kappa shape index (κ2) is 16.7. The first kappa shape index (κ1) is 41.8. The molecule has 64 heavy (non-hydrogen) atoms. The molecule has 2 saturated carbocycles. The second-order valence-electron chi connectivity index (χ2n) is 18.7. The molecule has 5 aliphatic rings. The number of ether oxygens (including phenoxy) is 3. The number of benzene rings is 3. The number of hydrogen-bond acceptors (Lipinski definition) is 9. The van der Waals surface area contributed by atoms with E-state index >= 15 is 0 Å².